The zero-order valence-corrected chi connectivity index (χ0v) is 18.8. The molecule has 172 valence electrons. The molecule has 0 radical (unpaired) electrons. The van der Waals surface area contributed by atoms with E-state index in [9.17, 15) is 4.79 Å². The van der Waals surface area contributed by atoms with Crippen molar-refractivity contribution in [2.24, 2.45) is 0 Å². The molecule has 0 aliphatic heterocycles. The highest BCUT2D eigenvalue weighted by Crippen LogP contribution is 2.23. The van der Waals surface area contributed by atoms with E-state index in [1.54, 1.807) is 6.08 Å². The average molecular weight is 440 g/mol. The number of unbranched alkanes of at least 4 members (excludes halogenated alkanes) is 2. The summed E-state index contributed by atoms with van der Waals surface area (Å²) in [5, 5.41) is 0. The second-order valence-corrected chi connectivity index (χ2v) is 7.26. The first-order valence-electron chi connectivity index (χ1n) is 11.1. The summed E-state index contributed by atoms with van der Waals surface area (Å²) < 4.78 is 11.2. The number of ether oxygens (including phenoxy) is 2. The summed E-state index contributed by atoms with van der Waals surface area (Å²) >= 11 is 0. The van der Waals surface area contributed by atoms with Crippen LogP contribution in [0.25, 0.3) is 11.3 Å². The predicted octanol–water partition coefficient (Wildman–Crippen LogP) is 5.83. The average Bonchev–Trinajstić information content (AvgIpc) is 2.82. The fraction of sp³-hybridized carbons (Fsp3) is 0.385. The van der Waals surface area contributed by atoms with Crippen LogP contribution in [0.1, 0.15) is 44.6 Å². The third kappa shape index (κ3) is 9.45. The van der Waals surface area contributed by atoms with Crippen molar-refractivity contribution in [2.75, 3.05) is 13.2 Å². The van der Waals surface area contributed by atoms with Gasteiger partial charge in [0.15, 0.2) is 0 Å². The van der Waals surface area contributed by atoms with Crippen LogP contribution in [-0.2, 0) is 25.7 Å². The maximum absolute atomic E-state index is 11.6. The van der Waals surface area contributed by atoms with Gasteiger partial charge in [-0.3, -0.25) is 4.98 Å². The van der Waals surface area contributed by atoms with Crippen LogP contribution in [0.4, 0.5) is 0 Å². The van der Waals surface area contributed by atoms with E-state index in [0.717, 1.165) is 55.0 Å². The van der Waals surface area contributed by atoms with Gasteiger partial charge in [0.1, 0.15) is 12.4 Å². The number of carbonyl (C=O) groups is 1. The number of esters is 1. The maximum Gasteiger partial charge on any atom is 0.333 e. The van der Waals surface area contributed by atoms with E-state index in [1.165, 1.54) is 0 Å². The fourth-order valence-corrected chi connectivity index (χ4v) is 2.97. The van der Waals surface area contributed by atoms with E-state index in [-0.39, 0.29) is 0 Å². The lowest BCUT2D eigenvalue weighted by Crippen LogP contribution is -2.23. The summed E-state index contributed by atoms with van der Waals surface area (Å²) in [6, 6.07) is 11.7. The highest BCUT2D eigenvalue weighted by atomic mass is 17.2. The number of nitrogens with zero attached hydrogens (tertiary/aromatic N) is 1. The van der Waals surface area contributed by atoms with Crippen LogP contribution in [0, 0.1) is 0 Å². The minimum Gasteiger partial charge on any atom is -0.455 e. The quantitative estimate of drug-likeness (QED) is 0.0623. The van der Waals surface area contributed by atoms with Crippen molar-refractivity contribution in [1.29, 1.82) is 0 Å². The van der Waals surface area contributed by atoms with Crippen molar-refractivity contribution in [3.05, 3.63) is 73.5 Å². The van der Waals surface area contributed by atoms with Gasteiger partial charge in [0.05, 0.1) is 12.3 Å². The van der Waals surface area contributed by atoms with Crippen LogP contribution in [0.15, 0.2) is 67.9 Å². The standard InChI is InChI=1S/C26H33NO5/c1-4-7-8-11-26(32-25(28)6-3)31-23-15-13-22(14-16-23)24-17-12-21(20-27-24)10-9-19-30-29-18-5-2/h5-6,12-17,20,26H,2-4,7-11,18-19H2,1H3. The van der Waals surface area contributed by atoms with Gasteiger partial charge in [0.25, 0.3) is 0 Å². The zero-order valence-electron chi connectivity index (χ0n) is 18.8. The number of pyridine rings is 1. The second-order valence-electron chi connectivity index (χ2n) is 7.26. The Morgan fingerprint density at radius 2 is 1.88 bits per heavy atom. The first-order valence-corrected chi connectivity index (χ1v) is 11.1. The predicted molar refractivity (Wildman–Crippen MR) is 125 cm³/mol. The lowest BCUT2D eigenvalue weighted by atomic mass is 10.1. The van der Waals surface area contributed by atoms with Crippen LogP contribution in [-0.4, -0.2) is 30.5 Å². The lowest BCUT2D eigenvalue weighted by molar-refractivity contribution is -0.286. The Labute approximate surface area is 190 Å². The monoisotopic (exact) mass is 439 g/mol. The first-order chi connectivity index (χ1) is 15.7. The molecule has 6 heteroatoms. The molecule has 1 heterocycles. The minimum absolute atomic E-state index is 0.388. The van der Waals surface area contributed by atoms with Crippen molar-refractivity contribution in [2.45, 2.75) is 51.7 Å². The summed E-state index contributed by atoms with van der Waals surface area (Å²) in [4.78, 5) is 26.1. The molecule has 0 saturated carbocycles. The molecule has 0 aliphatic carbocycles. The van der Waals surface area contributed by atoms with E-state index in [0.29, 0.717) is 25.4 Å². The smallest absolute Gasteiger partial charge is 0.333 e. The molecule has 2 rings (SSSR count). The van der Waals surface area contributed by atoms with Gasteiger partial charge >= 0.3 is 5.97 Å². The van der Waals surface area contributed by atoms with E-state index < -0.39 is 12.3 Å². The number of aromatic nitrogens is 1. The van der Waals surface area contributed by atoms with Crippen molar-refractivity contribution < 1.29 is 24.0 Å². The zero-order chi connectivity index (χ0) is 23.0. The van der Waals surface area contributed by atoms with Crippen LogP contribution in [0.2, 0.25) is 0 Å². The van der Waals surface area contributed by atoms with Gasteiger partial charge in [-0.15, -0.1) is 6.58 Å². The molecule has 0 aliphatic rings. The van der Waals surface area contributed by atoms with E-state index in [1.807, 2.05) is 36.5 Å². The third-order valence-corrected chi connectivity index (χ3v) is 4.66. The molecule has 0 amide bonds. The molecule has 0 N–H and O–H groups in total. The molecule has 0 saturated heterocycles. The van der Waals surface area contributed by atoms with Crippen molar-refractivity contribution in [3.8, 4) is 17.0 Å². The van der Waals surface area contributed by atoms with E-state index in [2.05, 4.69) is 31.1 Å². The summed E-state index contributed by atoms with van der Waals surface area (Å²) in [6.07, 6.45) is 9.47. The summed E-state index contributed by atoms with van der Waals surface area (Å²) in [5.41, 5.74) is 3.00. The van der Waals surface area contributed by atoms with Crippen LogP contribution in [0.3, 0.4) is 0 Å². The van der Waals surface area contributed by atoms with Gasteiger partial charge in [-0.2, -0.15) is 0 Å². The number of rotatable bonds is 16. The van der Waals surface area contributed by atoms with Crippen LogP contribution in [0.5, 0.6) is 5.75 Å². The Hall–Kier alpha value is -2.96. The van der Waals surface area contributed by atoms with Crippen molar-refractivity contribution in [1.82, 2.24) is 4.98 Å². The number of benzene rings is 1. The highest BCUT2D eigenvalue weighted by Gasteiger charge is 2.14. The third-order valence-electron chi connectivity index (χ3n) is 4.66. The molecule has 1 aromatic carbocycles. The summed E-state index contributed by atoms with van der Waals surface area (Å²) in [6.45, 7) is 10.0. The number of hydrogen-bond acceptors (Lipinski definition) is 6. The Bertz CT molecular complexity index is 817. The molecular formula is C26H33NO5. The fourth-order valence-electron chi connectivity index (χ4n) is 2.97. The van der Waals surface area contributed by atoms with E-state index in [4.69, 9.17) is 19.2 Å². The first kappa shape index (κ1) is 25.3. The molecule has 0 bridgehead atoms. The largest absolute Gasteiger partial charge is 0.455 e. The Kier molecular flexibility index (Phi) is 11.8. The number of hydrogen-bond donors (Lipinski definition) is 0. The molecule has 0 spiro atoms. The summed E-state index contributed by atoms with van der Waals surface area (Å²) in [5.74, 6) is 0.158. The molecular weight excluding hydrogens is 406 g/mol. The molecule has 2 aromatic rings. The molecule has 0 fully saturated rings. The molecule has 1 unspecified atom stereocenters. The normalized spacial score (nSPS) is 11.5. The maximum atomic E-state index is 11.6. The Balaban J connectivity index is 1.89. The topological polar surface area (TPSA) is 66.9 Å². The van der Waals surface area contributed by atoms with Gasteiger partial charge in [-0.05, 0) is 55.2 Å². The minimum atomic E-state index is -0.624. The van der Waals surface area contributed by atoms with Gasteiger partial charge in [-0.25, -0.2) is 14.6 Å². The number of aryl methyl sites for hydroxylation is 1. The van der Waals surface area contributed by atoms with Crippen LogP contribution >= 0.6 is 0 Å². The molecule has 1 aromatic heterocycles. The van der Waals surface area contributed by atoms with Gasteiger partial charge in [-0.1, -0.05) is 38.5 Å². The summed E-state index contributed by atoms with van der Waals surface area (Å²) in [7, 11) is 0. The van der Waals surface area contributed by atoms with Gasteiger partial charge < -0.3 is 9.47 Å². The Morgan fingerprint density at radius 1 is 1.06 bits per heavy atom. The number of carbonyl (C=O) groups excluding carboxylic acids is 1. The molecule has 6 nitrogen and oxygen atoms in total. The van der Waals surface area contributed by atoms with Crippen molar-refractivity contribution >= 4 is 5.97 Å². The van der Waals surface area contributed by atoms with E-state index >= 15 is 0 Å². The highest BCUT2D eigenvalue weighted by molar-refractivity contribution is 5.81. The van der Waals surface area contributed by atoms with Crippen molar-refractivity contribution in [3.63, 3.8) is 0 Å². The SMILES string of the molecule is C=CCOOCCCc1ccc(-c2ccc(OC(CCCCC)OC(=O)C=C)cc2)nc1. The van der Waals surface area contributed by atoms with Gasteiger partial charge in [0, 0.05) is 24.3 Å². The second kappa shape index (κ2) is 14.9. The molecule has 1 atom stereocenters. The molecule has 32 heavy (non-hydrogen) atoms. The Morgan fingerprint density at radius 3 is 2.53 bits per heavy atom. The lowest BCUT2D eigenvalue weighted by Gasteiger charge is -2.19. The van der Waals surface area contributed by atoms with Gasteiger partial charge in [0.2, 0.25) is 6.29 Å². The van der Waals surface area contributed by atoms with Crippen LogP contribution < -0.4 is 4.74 Å².